The highest BCUT2D eigenvalue weighted by Crippen LogP contribution is 2.33. The molecule has 1 aromatic carbocycles. The third-order valence-electron chi connectivity index (χ3n) is 5.08. The van der Waals surface area contributed by atoms with Crippen molar-refractivity contribution in [3.8, 4) is 0 Å². The summed E-state index contributed by atoms with van der Waals surface area (Å²) in [5.41, 5.74) is 1.19. The molecule has 1 saturated heterocycles. The molecule has 0 aromatic heterocycles. The van der Waals surface area contributed by atoms with Crippen LogP contribution in [0.4, 0.5) is 11.4 Å². The van der Waals surface area contributed by atoms with Gasteiger partial charge in [0.15, 0.2) is 0 Å². The summed E-state index contributed by atoms with van der Waals surface area (Å²) in [7, 11) is -3.29. The Hall–Kier alpha value is -1.31. The molecule has 0 bridgehead atoms. The van der Waals surface area contributed by atoms with Crippen LogP contribution in [0.15, 0.2) is 24.3 Å². The van der Waals surface area contributed by atoms with E-state index in [-0.39, 0.29) is 30.1 Å². The normalized spacial score (nSPS) is 25.0. The first-order chi connectivity index (χ1) is 12.0. The molecule has 1 aliphatic heterocycles. The fourth-order valence-electron chi connectivity index (χ4n) is 3.87. The highest BCUT2D eigenvalue weighted by Gasteiger charge is 2.38. The van der Waals surface area contributed by atoms with Gasteiger partial charge in [0.2, 0.25) is 15.9 Å². The summed E-state index contributed by atoms with van der Waals surface area (Å²) in [6.07, 6.45) is 6.38. The van der Waals surface area contributed by atoms with Crippen molar-refractivity contribution in [2.75, 3.05) is 15.8 Å². The van der Waals surface area contributed by atoms with Gasteiger partial charge in [0.1, 0.15) is 0 Å². The Labute approximate surface area is 162 Å². The van der Waals surface area contributed by atoms with Crippen LogP contribution in [-0.2, 0) is 14.8 Å². The molecular formula is C18H28ClN3O3S. The molecule has 3 atom stereocenters. The van der Waals surface area contributed by atoms with Crippen molar-refractivity contribution in [1.29, 1.82) is 0 Å². The van der Waals surface area contributed by atoms with Gasteiger partial charge in [-0.2, -0.15) is 0 Å². The van der Waals surface area contributed by atoms with E-state index in [1.54, 1.807) is 24.3 Å². The van der Waals surface area contributed by atoms with Crippen molar-refractivity contribution >= 4 is 39.7 Å². The highest BCUT2D eigenvalue weighted by atomic mass is 35.5. The van der Waals surface area contributed by atoms with Gasteiger partial charge in [-0.05, 0) is 55.9 Å². The number of anilines is 2. The summed E-state index contributed by atoms with van der Waals surface area (Å²) in [4.78, 5) is 12.5. The van der Waals surface area contributed by atoms with Crippen molar-refractivity contribution in [3.63, 3.8) is 0 Å². The van der Waals surface area contributed by atoms with Crippen molar-refractivity contribution in [2.45, 2.75) is 57.5 Å². The third kappa shape index (κ3) is 5.34. The minimum atomic E-state index is -3.29. The highest BCUT2D eigenvalue weighted by molar-refractivity contribution is 7.92. The van der Waals surface area contributed by atoms with Gasteiger partial charge in [-0.25, -0.2) is 8.42 Å². The summed E-state index contributed by atoms with van der Waals surface area (Å²) < 4.78 is 26.1. The van der Waals surface area contributed by atoms with Crippen LogP contribution >= 0.6 is 12.4 Å². The molecule has 146 valence electrons. The van der Waals surface area contributed by atoms with E-state index in [1.807, 2.05) is 6.92 Å². The molecule has 1 amide bonds. The Kier molecular flexibility index (Phi) is 7.32. The zero-order chi connectivity index (χ0) is 17.9. The number of hydrogen-bond acceptors (Lipinski definition) is 4. The molecule has 2 fully saturated rings. The van der Waals surface area contributed by atoms with Crippen molar-refractivity contribution in [2.24, 2.45) is 5.92 Å². The quantitative estimate of drug-likeness (QED) is 0.683. The van der Waals surface area contributed by atoms with E-state index in [4.69, 9.17) is 0 Å². The molecular weight excluding hydrogens is 374 g/mol. The van der Waals surface area contributed by atoms with E-state index in [2.05, 4.69) is 15.4 Å². The molecule has 1 saturated carbocycles. The average Bonchev–Trinajstić information content (AvgIpc) is 3.00. The Morgan fingerprint density at radius 3 is 2.46 bits per heavy atom. The fourth-order valence-corrected chi connectivity index (χ4v) is 5.01. The first kappa shape index (κ1) is 21.0. The maximum atomic E-state index is 12.5. The van der Waals surface area contributed by atoms with Gasteiger partial charge in [0, 0.05) is 17.4 Å². The third-order valence-corrected chi connectivity index (χ3v) is 6.57. The van der Waals surface area contributed by atoms with Crippen molar-refractivity contribution in [3.05, 3.63) is 24.3 Å². The summed E-state index contributed by atoms with van der Waals surface area (Å²) >= 11 is 0. The number of fused-ring (bicyclic) bond motifs is 1. The second kappa shape index (κ2) is 9.06. The van der Waals surface area contributed by atoms with Crippen LogP contribution in [0.5, 0.6) is 0 Å². The first-order valence-corrected chi connectivity index (χ1v) is 10.8. The van der Waals surface area contributed by atoms with E-state index in [9.17, 15) is 13.2 Å². The number of halogens is 1. The van der Waals surface area contributed by atoms with Gasteiger partial charge in [-0.15, -0.1) is 12.4 Å². The lowest BCUT2D eigenvalue weighted by Crippen LogP contribution is -2.39. The average molecular weight is 402 g/mol. The number of rotatable bonds is 6. The fraction of sp³-hybridized carbons (Fsp3) is 0.611. The Bertz CT molecular complexity index is 695. The molecule has 0 spiro atoms. The maximum Gasteiger partial charge on any atom is 0.241 e. The molecule has 3 unspecified atom stereocenters. The largest absolute Gasteiger partial charge is 0.325 e. The van der Waals surface area contributed by atoms with Crippen LogP contribution < -0.4 is 15.4 Å². The topological polar surface area (TPSA) is 87.3 Å². The summed E-state index contributed by atoms with van der Waals surface area (Å²) in [5.74, 6) is 0.717. The lowest BCUT2D eigenvalue weighted by atomic mass is 9.85. The Morgan fingerprint density at radius 2 is 1.81 bits per heavy atom. The molecule has 3 rings (SSSR count). The zero-order valence-corrected chi connectivity index (χ0v) is 16.7. The van der Waals surface area contributed by atoms with Crippen LogP contribution in [0, 0.1) is 5.92 Å². The Morgan fingerprint density at radius 1 is 1.15 bits per heavy atom. The van der Waals surface area contributed by atoms with Crippen LogP contribution in [0.3, 0.4) is 0 Å². The SMILES string of the molecule is CCCS(=O)(=O)Nc1ccc(NC(=O)C2CC3CCCCC3N2)cc1.Cl. The van der Waals surface area contributed by atoms with Crippen LogP contribution in [0.2, 0.25) is 0 Å². The van der Waals surface area contributed by atoms with Gasteiger partial charge in [-0.3, -0.25) is 9.52 Å². The van der Waals surface area contributed by atoms with E-state index in [0.29, 0.717) is 29.8 Å². The monoisotopic (exact) mass is 401 g/mol. The predicted molar refractivity (Wildman–Crippen MR) is 107 cm³/mol. The molecule has 1 aliphatic carbocycles. The minimum Gasteiger partial charge on any atom is -0.325 e. The van der Waals surface area contributed by atoms with Crippen LogP contribution in [-0.4, -0.2) is 32.2 Å². The lowest BCUT2D eigenvalue weighted by molar-refractivity contribution is -0.117. The van der Waals surface area contributed by atoms with Gasteiger partial charge >= 0.3 is 0 Å². The first-order valence-electron chi connectivity index (χ1n) is 9.14. The number of benzene rings is 1. The summed E-state index contributed by atoms with van der Waals surface area (Å²) in [5, 5.41) is 6.40. The van der Waals surface area contributed by atoms with Gasteiger partial charge in [0.25, 0.3) is 0 Å². The second-order valence-electron chi connectivity index (χ2n) is 7.09. The minimum absolute atomic E-state index is 0. The number of nitrogens with one attached hydrogen (secondary N) is 3. The van der Waals surface area contributed by atoms with Gasteiger partial charge in [0.05, 0.1) is 11.8 Å². The number of carbonyl (C=O) groups excluding carboxylic acids is 1. The molecule has 1 heterocycles. The predicted octanol–water partition coefficient (Wildman–Crippen LogP) is 3.12. The Balaban J connectivity index is 0.00000243. The van der Waals surface area contributed by atoms with Gasteiger partial charge < -0.3 is 10.6 Å². The molecule has 1 aromatic rings. The maximum absolute atomic E-state index is 12.5. The molecule has 6 nitrogen and oxygen atoms in total. The zero-order valence-electron chi connectivity index (χ0n) is 15.0. The van der Waals surface area contributed by atoms with Crippen LogP contribution in [0.1, 0.15) is 45.4 Å². The van der Waals surface area contributed by atoms with E-state index < -0.39 is 10.0 Å². The molecule has 26 heavy (non-hydrogen) atoms. The molecule has 8 heteroatoms. The number of sulfonamides is 1. The standard InChI is InChI=1S/C18H27N3O3S.ClH/c1-2-11-25(23,24)21-15-9-7-14(8-10-15)19-18(22)17-12-13-5-3-4-6-16(13)20-17;/h7-10,13,16-17,20-21H,2-6,11-12H2,1H3,(H,19,22);1H. The van der Waals surface area contributed by atoms with Crippen LogP contribution in [0.25, 0.3) is 0 Å². The van der Waals surface area contributed by atoms with Crippen molar-refractivity contribution in [1.82, 2.24) is 5.32 Å². The molecule has 3 N–H and O–H groups in total. The lowest BCUT2D eigenvalue weighted by Gasteiger charge is -2.24. The summed E-state index contributed by atoms with van der Waals surface area (Å²) in [6, 6.07) is 7.15. The number of hydrogen-bond donors (Lipinski definition) is 3. The second-order valence-corrected chi connectivity index (χ2v) is 8.94. The van der Waals surface area contributed by atoms with Gasteiger partial charge in [-0.1, -0.05) is 19.8 Å². The number of amides is 1. The molecule has 0 radical (unpaired) electrons. The van der Waals surface area contributed by atoms with Crippen molar-refractivity contribution < 1.29 is 13.2 Å². The van der Waals surface area contributed by atoms with E-state index in [0.717, 1.165) is 6.42 Å². The molecule has 2 aliphatic rings. The number of carbonyl (C=O) groups is 1. The summed E-state index contributed by atoms with van der Waals surface area (Å²) in [6.45, 7) is 1.82. The van der Waals surface area contributed by atoms with E-state index in [1.165, 1.54) is 25.7 Å². The smallest absolute Gasteiger partial charge is 0.241 e. The van der Waals surface area contributed by atoms with E-state index >= 15 is 0 Å².